The van der Waals surface area contributed by atoms with Crippen molar-refractivity contribution in [3.63, 3.8) is 0 Å². The van der Waals surface area contributed by atoms with Crippen molar-refractivity contribution in [3.8, 4) is 0 Å². The first-order valence-corrected chi connectivity index (χ1v) is 5.16. The summed E-state index contributed by atoms with van der Waals surface area (Å²) in [7, 11) is 0. The van der Waals surface area contributed by atoms with Gasteiger partial charge in [-0.1, -0.05) is 32.1 Å². The smallest absolute Gasteiger partial charge is 0.107 e. The molecule has 1 aliphatic carbocycles. The molecule has 0 radical (unpaired) electrons. The maximum absolute atomic E-state index is 9.62. The third-order valence-corrected chi connectivity index (χ3v) is 3.09. The molecule has 0 bridgehead atoms. The van der Waals surface area contributed by atoms with Gasteiger partial charge < -0.3 is 9.84 Å². The van der Waals surface area contributed by atoms with E-state index < -0.39 is 0 Å². The summed E-state index contributed by atoms with van der Waals surface area (Å²) in [6.45, 7) is 0.786. The molecule has 1 N–H and O–H groups in total. The summed E-state index contributed by atoms with van der Waals surface area (Å²) in [5.74, 6) is 0.776. The Hall–Kier alpha value is -0.0800. The summed E-state index contributed by atoms with van der Waals surface area (Å²) in [5.41, 5.74) is 0. The lowest BCUT2D eigenvalue weighted by atomic mass is 9.85. The Kier molecular flexibility index (Phi) is 2.66. The molecule has 2 nitrogen and oxygen atoms in total. The first-order valence-electron chi connectivity index (χ1n) is 5.16. The van der Waals surface area contributed by atoms with Gasteiger partial charge in [0.25, 0.3) is 0 Å². The zero-order valence-electron chi connectivity index (χ0n) is 7.54. The molecule has 0 spiro atoms. The molecule has 1 saturated carbocycles. The highest BCUT2D eigenvalue weighted by Gasteiger charge is 2.32. The summed E-state index contributed by atoms with van der Waals surface area (Å²) in [5, 5.41) is 9.62. The second kappa shape index (κ2) is 3.75. The van der Waals surface area contributed by atoms with E-state index in [-0.39, 0.29) is 12.2 Å². The fraction of sp³-hybridized carbons (Fsp3) is 1.00. The highest BCUT2D eigenvalue weighted by Crippen LogP contribution is 2.30. The van der Waals surface area contributed by atoms with Crippen LogP contribution in [0.4, 0.5) is 0 Å². The minimum atomic E-state index is -0.173. The minimum Gasteiger partial charge on any atom is -0.390 e. The molecule has 1 heterocycles. The molecular weight excluding hydrogens is 152 g/mol. The van der Waals surface area contributed by atoms with E-state index >= 15 is 0 Å². The van der Waals surface area contributed by atoms with Crippen LogP contribution in [0.3, 0.4) is 0 Å². The molecular formula is C10H18O2. The average Bonchev–Trinajstić information content (AvgIpc) is 2.88. The third-order valence-electron chi connectivity index (χ3n) is 3.09. The molecule has 0 aromatic carbocycles. The molecule has 12 heavy (non-hydrogen) atoms. The van der Waals surface area contributed by atoms with E-state index in [1.54, 1.807) is 0 Å². The Morgan fingerprint density at radius 1 is 1.25 bits per heavy atom. The summed E-state index contributed by atoms with van der Waals surface area (Å²) in [4.78, 5) is 0. The van der Waals surface area contributed by atoms with Crippen molar-refractivity contribution in [2.24, 2.45) is 5.92 Å². The van der Waals surface area contributed by atoms with E-state index in [1.165, 1.54) is 32.1 Å². The molecule has 1 aliphatic heterocycles. The molecule has 0 amide bonds. The number of hydrogen-bond donors (Lipinski definition) is 1. The van der Waals surface area contributed by atoms with Gasteiger partial charge in [-0.3, -0.25) is 0 Å². The van der Waals surface area contributed by atoms with E-state index in [0.717, 1.165) is 18.9 Å². The zero-order chi connectivity index (χ0) is 8.39. The maximum atomic E-state index is 9.62. The van der Waals surface area contributed by atoms with Gasteiger partial charge in [-0.2, -0.15) is 0 Å². The monoisotopic (exact) mass is 170 g/mol. The Bertz CT molecular complexity index is 137. The standard InChI is InChI=1S/C10H18O2/c11-9(10-7-12-10)6-8-4-2-1-3-5-8/h8-11H,1-7H2/t9-,10-/m0/s1. The minimum absolute atomic E-state index is 0.173. The molecule has 1 saturated heterocycles. The molecule has 2 rings (SSSR count). The van der Waals surface area contributed by atoms with Crippen LogP contribution in [0.5, 0.6) is 0 Å². The predicted molar refractivity (Wildman–Crippen MR) is 46.9 cm³/mol. The Morgan fingerprint density at radius 2 is 1.92 bits per heavy atom. The lowest BCUT2D eigenvalue weighted by Crippen LogP contribution is -2.20. The van der Waals surface area contributed by atoms with Crippen LogP contribution < -0.4 is 0 Å². The van der Waals surface area contributed by atoms with Gasteiger partial charge in [-0.05, 0) is 12.3 Å². The van der Waals surface area contributed by atoms with Crippen LogP contribution in [0.15, 0.2) is 0 Å². The van der Waals surface area contributed by atoms with Crippen LogP contribution in [-0.2, 0) is 4.74 Å². The summed E-state index contributed by atoms with van der Waals surface area (Å²) < 4.78 is 5.06. The third kappa shape index (κ3) is 2.20. The van der Waals surface area contributed by atoms with Crippen LogP contribution in [-0.4, -0.2) is 23.9 Å². The fourth-order valence-electron chi connectivity index (χ4n) is 2.19. The van der Waals surface area contributed by atoms with E-state index in [9.17, 15) is 5.11 Å². The van der Waals surface area contributed by atoms with Crippen LogP contribution in [0.1, 0.15) is 38.5 Å². The van der Waals surface area contributed by atoms with Gasteiger partial charge in [0, 0.05) is 0 Å². The van der Waals surface area contributed by atoms with Gasteiger partial charge in [0.2, 0.25) is 0 Å². The van der Waals surface area contributed by atoms with Crippen LogP contribution in [0, 0.1) is 5.92 Å². The van der Waals surface area contributed by atoms with Crippen LogP contribution in [0.2, 0.25) is 0 Å². The summed E-state index contributed by atoms with van der Waals surface area (Å²) in [6.07, 6.45) is 7.76. The van der Waals surface area contributed by atoms with E-state index in [4.69, 9.17) is 4.74 Å². The lowest BCUT2D eigenvalue weighted by Gasteiger charge is -2.23. The molecule has 2 fully saturated rings. The van der Waals surface area contributed by atoms with E-state index in [0.29, 0.717) is 0 Å². The molecule has 0 unspecified atom stereocenters. The van der Waals surface area contributed by atoms with Crippen LogP contribution >= 0.6 is 0 Å². The molecule has 0 aromatic heterocycles. The van der Waals surface area contributed by atoms with Gasteiger partial charge in [-0.15, -0.1) is 0 Å². The van der Waals surface area contributed by atoms with Gasteiger partial charge >= 0.3 is 0 Å². The van der Waals surface area contributed by atoms with Crippen molar-refractivity contribution in [3.05, 3.63) is 0 Å². The molecule has 0 aromatic rings. The molecule has 2 atom stereocenters. The van der Waals surface area contributed by atoms with Crippen molar-refractivity contribution in [1.29, 1.82) is 0 Å². The Morgan fingerprint density at radius 3 is 2.50 bits per heavy atom. The number of rotatable bonds is 3. The van der Waals surface area contributed by atoms with Crippen molar-refractivity contribution < 1.29 is 9.84 Å². The molecule has 2 heteroatoms. The fourth-order valence-corrected chi connectivity index (χ4v) is 2.19. The molecule has 70 valence electrons. The van der Waals surface area contributed by atoms with E-state index in [2.05, 4.69) is 0 Å². The van der Waals surface area contributed by atoms with Gasteiger partial charge in [0.1, 0.15) is 6.10 Å². The summed E-state index contributed by atoms with van der Waals surface area (Å²) in [6, 6.07) is 0. The SMILES string of the molecule is O[C@@H](CC1CCCCC1)[C@@H]1CO1. The number of aliphatic hydroxyl groups excluding tert-OH is 1. The topological polar surface area (TPSA) is 32.8 Å². The van der Waals surface area contributed by atoms with Crippen molar-refractivity contribution in [2.45, 2.75) is 50.7 Å². The average molecular weight is 170 g/mol. The largest absolute Gasteiger partial charge is 0.390 e. The van der Waals surface area contributed by atoms with Gasteiger partial charge in [-0.25, -0.2) is 0 Å². The first kappa shape index (κ1) is 8.52. The quantitative estimate of drug-likeness (QED) is 0.654. The van der Waals surface area contributed by atoms with Gasteiger partial charge in [0.15, 0.2) is 0 Å². The highest BCUT2D eigenvalue weighted by atomic mass is 16.6. The van der Waals surface area contributed by atoms with Crippen molar-refractivity contribution in [2.75, 3.05) is 6.61 Å². The number of aliphatic hydroxyl groups is 1. The second-order valence-electron chi connectivity index (χ2n) is 4.18. The van der Waals surface area contributed by atoms with Crippen molar-refractivity contribution in [1.82, 2.24) is 0 Å². The number of epoxide rings is 1. The maximum Gasteiger partial charge on any atom is 0.107 e. The van der Waals surface area contributed by atoms with Gasteiger partial charge in [0.05, 0.1) is 12.7 Å². The van der Waals surface area contributed by atoms with Crippen LogP contribution in [0.25, 0.3) is 0 Å². The highest BCUT2D eigenvalue weighted by molar-refractivity contribution is 4.81. The normalized spacial score (nSPS) is 33.2. The van der Waals surface area contributed by atoms with E-state index in [1.807, 2.05) is 0 Å². The number of hydrogen-bond acceptors (Lipinski definition) is 2. The zero-order valence-corrected chi connectivity index (χ0v) is 7.54. The molecule has 2 aliphatic rings. The lowest BCUT2D eigenvalue weighted by molar-refractivity contribution is 0.0994. The second-order valence-corrected chi connectivity index (χ2v) is 4.18. The first-order chi connectivity index (χ1) is 5.86. The van der Waals surface area contributed by atoms with Crippen molar-refractivity contribution >= 4 is 0 Å². The predicted octanol–water partition coefficient (Wildman–Crippen LogP) is 1.72. The summed E-state index contributed by atoms with van der Waals surface area (Å²) >= 11 is 0. The number of ether oxygens (including phenoxy) is 1. The Balaban J connectivity index is 1.69. The Labute approximate surface area is 73.9 Å².